The van der Waals surface area contributed by atoms with Gasteiger partial charge in [0.25, 0.3) is 5.91 Å². The monoisotopic (exact) mass is 338 g/mol. The fraction of sp³-hybridized carbons (Fsp3) is 0.316. The fourth-order valence-corrected chi connectivity index (χ4v) is 2.94. The number of carbonyl (C=O) groups excluding carboxylic acids is 2. The van der Waals surface area contributed by atoms with Crippen LogP contribution in [0.5, 0.6) is 0 Å². The minimum Gasteiger partial charge on any atom is -0.399 e. The van der Waals surface area contributed by atoms with Crippen LogP contribution in [0.3, 0.4) is 0 Å². The number of pyridine rings is 1. The van der Waals surface area contributed by atoms with Gasteiger partial charge in [0.1, 0.15) is 0 Å². The SMILES string of the molecule is Nc1cccc(-c2cc(C(=O)NCCCN3CCCC3=O)ccn2)c1. The number of nitrogen functional groups attached to an aromatic ring is 1. The Morgan fingerprint density at radius 2 is 2.16 bits per heavy atom. The number of nitrogens with one attached hydrogen (secondary N) is 1. The molecule has 0 radical (unpaired) electrons. The van der Waals surface area contributed by atoms with Crippen molar-refractivity contribution in [3.63, 3.8) is 0 Å². The number of likely N-dealkylation sites (tertiary alicyclic amines) is 1. The number of hydrogen-bond donors (Lipinski definition) is 2. The highest BCUT2D eigenvalue weighted by atomic mass is 16.2. The van der Waals surface area contributed by atoms with Gasteiger partial charge >= 0.3 is 0 Å². The first-order chi connectivity index (χ1) is 12.1. The number of hydrogen-bond acceptors (Lipinski definition) is 4. The first kappa shape index (κ1) is 17.0. The summed E-state index contributed by atoms with van der Waals surface area (Å²) in [4.78, 5) is 30.0. The van der Waals surface area contributed by atoms with Crippen LogP contribution in [0.2, 0.25) is 0 Å². The minimum atomic E-state index is -0.139. The molecule has 3 rings (SSSR count). The Hall–Kier alpha value is -2.89. The first-order valence-electron chi connectivity index (χ1n) is 8.51. The maximum Gasteiger partial charge on any atom is 0.251 e. The Morgan fingerprint density at radius 3 is 2.92 bits per heavy atom. The normalized spacial score (nSPS) is 13.9. The highest BCUT2D eigenvalue weighted by Gasteiger charge is 2.19. The zero-order valence-corrected chi connectivity index (χ0v) is 14.1. The van der Waals surface area contributed by atoms with Crippen molar-refractivity contribution in [2.75, 3.05) is 25.4 Å². The molecular weight excluding hydrogens is 316 g/mol. The van der Waals surface area contributed by atoms with Gasteiger partial charge in [-0.05, 0) is 37.1 Å². The number of anilines is 1. The van der Waals surface area contributed by atoms with Gasteiger partial charge in [0, 0.05) is 49.1 Å². The standard InChI is InChI=1S/C19H22N4O2/c20-16-5-1-4-14(12-16)17-13-15(7-9-21-17)19(25)22-8-3-11-23-10-2-6-18(23)24/h1,4-5,7,9,12-13H,2-3,6,8,10-11,20H2,(H,22,25). The number of benzene rings is 1. The molecule has 25 heavy (non-hydrogen) atoms. The van der Waals surface area contributed by atoms with Crippen molar-refractivity contribution in [2.45, 2.75) is 19.3 Å². The molecule has 0 aliphatic carbocycles. The van der Waals surface area contributed by atoms with Crippen molar-refractivity contribution >= 4 is 17.5 Å². The van der Waals surface area contributed by atoms with Crippen LogP contribution in [0.1, 0.15) is 29.6 Å². The van der Waals surface area contributed by atoms with Crippen LogP contribution in [0.25, 0.3) is 11.3 Å². The van der Waals surface area contributed by atoms with E-state index in [9.17, 15) is 9.59 Å². The molecule has 1 aliphatic heterocycles. The summed E-state index contributed by atoms with van der Waals surface area (Å²) in [6, 6.07) is 10.9. The Bertz CT molecular complexity index is 776. The molecule has 1 saturated heterocycles. The maximum absolute atomic E-state index is 12.3. The van der Waals surface area contributed by atoms with Crippen molar-refractivity contribution in [2.24, 2.45) is 0 Å². The Balaban J connectivity index is 1.55. The van der Waals surface area contributed by atoms with Crippen LogP contribution in [0.4, 0.5) is 5.69 Å². The van der Waals surface area contributed by atoms with E-state index in [1.54, 1.807) is 18.3 Å². The van der Waals surface area contributed by atoms with E-state index in [4.69, 9.17) is 5.73 Å². The predicted molar refractivity (Wildman–Crippen MR) is 96.8 cm³/mol. The summed E-state index contributed by atoms with van der Waals surface area (Å²) in [5.41, 5.74) is 8.61. The van der Waals surface area contributed by atoms with Gasteiger partial charge in [-0.1, -0.05) is 12.1 Å². The van der Waals surface area contributed by atoms with Crippen LogP contribution in [-0.4, -0.2) is 41.3 Å². The summed E-state index contributed by atoms with van der Waals surface area (Å²) in [6.45, 7) is 2.07. The van der Waals surface area contributed by atoms with Gasteiger partial charge < -0.3 is 16.0 Å². The molecule has 1 aromatic heterocycles. The van der Waals surface area contributed by atoms with E-state index in [1.165, 1.54) is 0 Å². The molecule has 3 N–H and O–H groups in total. The van der Waals surface area contributed by atoms with Crippen molar-refractivity contribution < 1.29 is 9.59 Å². The molecule has 130 valence electrons. The van der Waals surface area contributed by atoms with Crippen molar-refractivity contribution in [3.8, 4) is 11.3 Å². The largest absolute Gasteiger partial charge is 0.399 e. The highest BCUT2D eigenvalue weighted by molar-refractivity contribution is 5.95. The Morgan fingerprint density at radius 1 is 1.28 bits per heavy atom. The molecule has 6 heteroatoms. The average Bonchev–Trinajstić information content (AvgIpc) is 3.03. The molecule has 1 aromatic carbocycles. The topological polar surface area (TPSA) is 88.3 Å². The van der Waals surface area contributed by atoms with Gasteiger partial charge in [0.15, 0.2) is 0 Å². The molecular formula is C19H22N4O2. The van der Waals surface area contributed by atoms with E-state index in [2.05, 4.69) is 10.3 Å². The lowest BCUT2D eigenvalue weighted by atomic mass is 10.1. The Labute approximate surface area is 147 Å². The van der Waals surface area contributed by atoms with Crippen molar-refractivity contribution in [1.82, 2.24) is 15.2 Å². The average molecular weight is 338 g/mol. The molecule has 0 unspecified atom stereocenters. The summed E-state index contributed by atoms with van der Waals surface area (Å²) in [6.07, 6.45) is 3.96. The van der Waals surface area contributed by atoms with Crippen LogP contribution in [0.15, 0.2) is 42.6 Å². The van der Waals surface area contributed by atoms with Gasteiger partial charge in [-0.2, -0.15) is 0 Å². The molecule has 0 spiro atoms. The number of amides is 2. The summed E-state index contributed by atoms with van der Waals surface area (Å²) >= 11 is 0. The quantitative estimate of drug-likeness (QED) is 0.623. The summed E-state index contributed by atoms with van der Waals surface area (Å²) in [5, 5.41) is 2.90. The predicted octanol–water partition coefficient (Wildman–Crippen LogP) is 2.07. The van der Waals surface area contributed by atoms with E-state index in [1.807, 2.05) is 29.2 Å². The van der Waals surface area contributed by atoms with Gasteiger partial charge in [0.2, 0.25) is 5.91 Å². The lowest BCUT2D eigenvalue weighted by Crippen LogP contribution is -2.30. The molecule has 6 nitrogen and oxygen atoms in total. The zero-order chi connectivity index (χ0) is 17.6. The van der Waals surface area contributed by atoms with Crippen LogP contribution < -0.4 is 11.1 Å². The second kappa shape index (κ2) is 7.79. The Kier molecular flexibility index (Phi) is 5.28. The van der Waals surface area contributed by atoms with E-state index in [-0.39, 0.29) is 11.8 Å². The molecule has 1 aliphatic rings. The molecule has 1 fully saturated rings. The second-order valence-electron chi connectivity index (χ2n) is 6.15. The zero-order valence-electron chi connectivity index (χ0n) is 14.1. The van der Waals surface area contributed by atoms with Crippen molar-refractivity contribution in [3.05, 3.63) is 48.2 Å². The van der Waals surface area contributed by atoms with Gasteiger partial charge in [0.05, 0.1) is 5.69 Å². The number of aromatic nitrogens is 1. The molecule has 0 bridgehead atoms. The lowest BCUT2D eigenvalue weighted by molar-refractivity contribution is -0.127. The number of nitrogens with two attached hydrogens (primary N) is 1. The van der Waals surface area contributed by atoms with Gasteiger partial charge in [-0.25, -0.2) is 0 Å². The van der Waals surface area contributed by atoms with Crippen molar-refractivity contribution in [1.29, 1.82) is 0 Å². The third-order valence-corrected chi connectivity index (χ3v) is 4.27. The van der Waals surface area contributed by atoms with E-state index >= 15 is 0 Å². The van der Waals surface area contributed by atoms with Crippen LogP contribution in [-0.2, 0) is 4.79 Å². The third-order valence-electron chi connectivity index (χ3n) is 4.27. The molecule has 2 aromatic rings. The van der Waals surface area contributed by atoms with Gasteiger partial charge in [-0.15, -0.1) is 0 Å². The van der Waals surface area contributed by atoms with E-state index in [0.717, 1.165) is 24.9 Å². The number of carbonyl (C=O) groups is 2. The molecule has 2 amide bonds. The van der Waals surface area contributed by atoms with E-state index < -0.39 is 0 Å². The molecule has 0 atom stereocenters. The van der Waals surface area contributed by atoms with E-state index in [0.29, 0.717) is 36.5 Å². The fourth-order valence-electron chi connectivity index (χ4n) is 2.94. The molecule has 2 heterocycles. The third kappa shape index (κ3) is 4.35. The maximum atomic E-state index is 12.3. The summed E-state index contributed by atoms with van der Waals surface area (Å²) < 4.78 is 0. The number of rotatable bonds is 6. The summed E-state index contributed by atoms with van der Waals surface area (Å²) in [7, 11) is 0. The second-order valence-corrected chi connectivity index (χ2v) is 6.15. The first-order valence-corrected chi connectivity index (χ1v) is 8.51. The highest BCUT2D eigenvalue weighted by Crippen LogP contribution is 2.20. The smallest absolute Gasteiger partial charge is 0.251 e. The van der Waals surface area contributed by atoms with Gasteiger partial charge in [-0.3, -0.25) is 14.6 Å². The summed E-state index contributed by atoms with van der Waals surface area (Å²) in [5.74, 6) is 0.0764. The van der Waals surface area contributed by atoms with Crippen LogP contribution >= 0.6 is 0 Å². The molecule has 0 saturated carbocycles. The minimum absolute atomic E-state index is 0.139. The number of nitrogens with zero attached hydrogens (tertiary/aromatic N) is 2. The lowest BCUT2D eigenvalue weighted by Gasteiger charge is -2.15. The van der Waals surface area contributed by atoms with Crippen LogP contribution in [0, 0.1) is 0 Å².